The molecule has 0 aromatic heterocycles. The summed E-state index contributed by atoms with van der Waals surface area (Å²) >= 11 is 0. The first-order chi connectivity index (χ1) is 7.77. The van der Waals surface area contributed by atoms with Crippen molar-refractivity contribution in [2.75, 3.05) is 25.0 Å². The highest BCUT2D eigenvalue weighted by Crippen LogP contribution is 2.14. The molecule has 0 bridgehead atoms. The molecule has 0 aliphatic rings. The Kier molecular flexibility index (Phi) is 5.94. The number of unbranched alkanes of at least 4 members (excludes halogenated alkanes) is 2. The van der Waals surface area contributed by atoms with E-state index >= 15 is 0 Å². The van der Waals surface area contributed by atoms with Gasteiger partial charge in [0.15, 0.2) is 0 Å². The number of nitrogens with two attached hydrogens (primary N) is 1. The van der Waals surface area contributed by atoms with Crippen LogP contribution >= 0.6 is 0 Å². The molecule has 0 heterocycles. The van der Waals surface area contributed by atoms with Crippen molar-refractivity contribution >= 4 is 5.69 Å². The maximum absolute atomic E-state index is 5.53. The van der Waals surface area contributed by atoms with E-state index in [1.165, 1.54) is 30.5 Å². The zero-order chi connectivity index (χ0) is 11.8. The van der Waals surface area contributed by atoms with Crippen LogP contribution in [0.5, 0.6) is 0 Å². The number of benzene rings is 1. The number of nitrogens with zero attached hydrogens (tertiary/aromatic N) is 1. The van der Waals surface area contributed by atoms with Gasteiger partial charge in [0.25, 0.3) is 0 Å². The van der Waals surface area contributed by atoms with Crippen LogP contribution in [-0.4, -0.2) is 20.1 Å². The fourth-order valence-corrected chi connectivity index (χ4v) is 1.81. The van der Waals surface area contributed by atoms with Gasteiger partial charge in [0.05, 0.1) is 0 Å². The fraction of sp³-hybridized carbons (Fsp3) is 0.571. The van der Waals surface area contributed by atoms with Crippen LogP contribution < -0.4 is 10.6 Å². The first-order valence-electron chi connectivity index (χ1n) is 6.28. The zero-order valence-corrected chi connectivity index (χ0v) is 10.6. The molecule has 0 atom stereocenters. The van der Waals surface area contributed by atoms with E-state index in [1.807, 2.05) is 0 Å². The predicted octanol–water partition coefficient (Wildman–Crippen LogP) is 2.81. The van der Waals surface area contributed by atoms with Gasteiger partial charge in [-0.15, -0.1) is 0 Å². The molecule has 2 heteroatoms. The Morgan fingerprint density at radius 2 is 1.81 bits per heavy atom. The van der Waals surface area contributed by atoms with E-state index in [2.05, 4.69) is 43.1 Å². The Morgan fingerprint density at radius 1 is 1.12 bits per heavy atom. The van der Waals surface area contributed by atoms with Gasteiger partial charge in [-0.3, -0.25) is 0 Å². The second-order valence-corrected chi connectivity index (χ2v) is 4.33. The Hall–Kier alpha value is -1.02. The molecule has 0 unspecified atom stereocenters. The molecule has 90 valence electrons. The fourth-order valence-electron chi connectivity index (χ4n) is 1.81. The number of rotatable bonds is 7. The van der Waals surface area contributed by atoms with Crippen LogP contribution in [0.4, 0.5) is 5.69 Å². The molecule has 1 rings (SSSR count). The highest BCUT2D eigenvalue weighted by atomic mass is 15.1. The highest BCUT2D eigenvalue weighted by molar-refractivity contribution is 5.46. The number of hydrogen-bond acceptors (Lipinski definition) is 2. The van der Waals surface area contributed by atoms with Crippen molar-refractivity contribution in [3.05, 3.63) is 29.8 Å². The van der Waals surface area contributed by atoms with Gasteiger partial charge in [0, 0.05) is 19.3 Å². The summed E-state index contributed by atoms with van der Waals surface area (Å²) < 4.78 is 0. The molecule has 0 saturated heterocycles. The summed E-state index contributed by atoms with van der Waals surface area (Å²) in [5.74, 6) is 0. The SMILES string of the molecule is CCCCCN(C)c1ccc(CCN)cc1. The van der Waals surface area contributed by atoms with Crippen LogP contribution in [0.15, 0.2) is 24.3 Å². The Balaban J connectivity index is 2.46. The average molecular weight is 220 g/mol. The monoisotopic (exact) mass is 220 g/mol. The summed E-state index contributed by atoms with van der Waals surface area (Å²) in [7, 11) is 2.16. The van der Waals surface area contributed by atoms with E-state index in [0.717, 1.165) is 19.5 Å². The Bertz CT molecular complexity index is 279. The second-order valence-electron chi connectivity index (χ2n) is 4.33. The van der Waals surface area contributed by atoms with Gasteiger partial charge >= 0.3 is 0 Å². The Morgan fingerprint density at radius 3 is 2.38 bits per heavy atom. The standard InChI is InChI=1S/C14H24N2/c1-3-4-5-12-16(2)14-8-6-13(7-9-14)10-11-15/h6-9H,3-5,10-12,15H2,1-2H3. The summed E-state index contributed by atoms with van der Waals surface area (Å²) in [6.45, 7) is 4.11. The lowest BCUT2D eigenvalue weighted by Gasteiger charge is -2.19. The predicted molar refractivity (Wildman–Crippen MR) is 72.0 cm³/mol. The van der Waals surface area contributed by atoms with E-state index in [-0.39, 0.29) is 0 Å². The van der Waals surface area contributed by atoms with Crippen LogP contribution in [-0.2, 0) is 6.42 Å². The molecule has 2 N–H and O–H groups in total. The van der Waals surface area contributed by atoms with E-state index in [0.29, 0.717) is 0 Å². The van der Waals surface area contributed by atoms with Gasteiger partial charge in [-0.1, -0.05) is 31.9 Å². The van der Waals surface area contributed by atoms with E-state index in [4.69, 9.17) is 5.73 Å². The van der Waals surface area contributed by atoms with E-state index in [9.17, 15) is 0 Å². The van der Waals surface area contributed by atoms with Crippen molar-refractivity contribution < 1.29 is 0 Å². The van der Waals surface area contributed by atoms with Crippen molar-refractivity contribution in [3.8, 4) is 0 Å². The summed E-state index contributed by atoms with van der Waals surface area (Å²) in [6.07, 6.45) is 4.84. The first kappa shape index (κ1) is 13.0. The highest BCUT2D eigenvalue weighted by Gasteiger charge is 2.00. The van der Waals surface area contributed by atoms with Gasteiger partial charge in [-0.25, -0.2) is 0 Å². The summed E-state index contributed by atoms with van der Waals surface area (Å²) in [4.78, 5) is 2.32. The molecule has 1 aromatic carbocycles. The normalized spacial score (nSPS) is 10.4. The first-order valence-corrected chi connectivity index (χ1v) is 6.28. The van der Waals surface area contributed by atoms with Crippen LogP contribution in [0.3, 0.4) is 0 Å². The third-order valence-electron chi connectivity index (χ3n) is 2.91. The van der Waals surface area contributed by atoms with E-state index < -0.39 is 0 Å². The van der Waals surface area contributed by atoms with Crippen LogP contribution in [0.2, 0.25) is 0 Å². The second kappa shape index (κ2) is 7.29. The van der Waals surface area contributed by atoms with Gasteiger partial charge in [0.2, 0.25) is 0 Å². The van der Waals surface area contributed by atoms with Gasteiger partial charge in [-0.05, 0) is 37.1 Å². The molecule has 0 fully saturated rings. The lowest BCUT2D eigenvalue weighted by Crippen LogP contribution is -2.18. The quantitative estimate of drug-likeness (QED) is 0.716. The van der Waals surface area contributed by atoms with Crippen molar-refractivity contribution in [1.82, 2.24) is 0 Å². The van der Waals surface area contributed by atoms with E-state index in [1.54, 1.807) is 0 Å². The molecule has 0 aliphatic carbocycles. The van der Waals surface area contributed by atoms with Gasteiger partial charge < -0.3 is 10.6 Å². The van der Waals surface area contributed by atoms with Gasteiger partial charge in [0.1, 0.15) is 0 Å². The molecule has 0 amide bonds. The minimum atomic E-state index is 0.728. The van der Waals surface area contributed by atoms with Crippen molar-refractivity contribution in [1.29, 1.82) is 0 Å². The van der Waals surface area contributed by atoms with Gasteiger partial charge in [-0.2, -0.15) is 0 Å². The summed E-state index contributed by atoms with van der Waals surface area (Å²) in [6, 6.07) is 8.74. The third kappa shape index (κ3) is 4.23. The van der Waals surface area contributed by atoms with Crippen molar-refractivity contribution in [2.24, 2.45) is 5.73 Å². The molecule has 0 saturated carbocycles. The zero-order valence-electron chi connectivity index (χ0n) is 10.6. The average Bonchev–Trinajstić information content (AvgIpc) is 2.30. The van der Waals surface area contributed by atoms with Crippen LogP contribution in [0.1, 0.15) is 31.7 Å². The summed E-state index contributed by atoms with van der Waals surface area (Å²) in [5, 5.41) is 0. The molecule has 0 radical (unpaired) electrons. The molecule has 2 nitrogen and oxygen atoms in total. The van der Waals surface area contributed by atoms with Crippen LogP contribution in [0, 0.1) is 0 Å². The number of anilines is 1. The minimum Gasteiger partial charge on any atom is -0.375 e. The molecule has 1 aromatic rings. The molecule has 16 heavy (non-hydrogen) atoms. The summed E-state index contributed by atoms with van der Waals surface area (Å²) in [5.41, 5.74) is 8.16. The topological polar surface area (TPSA) is 29.3 Å². The third-order valence-corrected chi connectivity index (χ3v) is 2.91. The van der Waals surface area contributed by atoms with Crippen LogP contribution in [0.25, 0.3) is 0 Å². The lowest BCUT2D eigenvalue weighted by atomic mass is 10.1. The molecular formula is C14H24N2. The largest absolute Gasteiger partial charge is 0.375 e. The van der Waals surface area contributed by atoms with Crippen molar-refractivity contribution in [3.63, 3.8) is 0 Å². The molecule has 0 spiro atoms. The molecule has 0 aliphatic heterocycles. The van der Waals surface area contributed by atoms with Crippen molar-refractivity contribution in [2.45, 2.75) is 32.6 Å². The Labute approximate surface area is 99.5 Å². The lowest BCUT2D eigenvalue weighted by molar-refractivity contribution is 0.705. The maximum atomic E-state index is 5.53. The maximum Gasteiger partial charge on any atom is 0.0363 e. The molecular weight excluding hydrogens is 196 g/mol. The minimum absolute atomic E-state index is 0.728. The smallest absolute Gasteiger partial charge is 0.0363 e. The number of hydrogen-bond donors (Lipinski definition) is 1.